The van der Waals surface area contributed by atoms with Gasteiger partial charge in [0, 0.05) is 53.9 Å². The Morgan fingerprint density at radius 1 is 1.17 bits per heavy atom. The van der Waals surface area contributed by atoms with E-state index in [1.807, 2.05) is 33.6 Å². The summed E-state index contributed by atoms with van der Waals surface area (Å²) < 4.78 is 5.06. The van der Waals surface area contributed by atoms with Crippen LogP contribution in [0.1, 0.15) is 38.4 Å². The van der Waals surface area contributed by atoms with E-state index in [9.17, 15) is 0 Å². The van der Waals surface area contributed by atoms with Crippen LogP contribution in [0.4, 0.5) is 16.8 Å². The number of fused-ring (bicyclic) bond motifs is 2. The monoisotopic (exact) mass is 487 g/mol. The van der Waals surface area contributed by atoms with Gasteiger partial charge in [-0.05, 0) is 63.9 Å². The highest BCUT2D eigenvalue weighted by atomic mass is 32.1. The SMILES string of the molecule is Cc1c(-c2cnn(C(C)C)c2)ccc2nc(N[C@@H]3CCCN(c4nc5cc(N)ccc5s4)C3)nn12. The minimum absolute atomic E-state index is 0.252. The molecular weight excluding hydrogens is 458 g/mol. The number of nitrogens with one attached hydrogen (secondary N) is 1. The van der Waals surface area contributed by atoms with E-state index in [1.165, 1.54) is 0 Å². The molecule has 9 nitrogen and oxygen atoms in total. The van der Waals surface area contributed by atoms with Crippen LogP contribution in [0.25, 0.3) is 27.0 Å². The van der Waals surface area contributed by atoms with E-state index in [4.69, 9.17) is 20.8 Å². The molecule has 0 aliphatic carbocycles. The number of hydrogen-bond donors (Lipinski definition) is 2. The Kier molecular flexibility index (Phi) is 5.32. The number of thiazole rings is 1. The Morgan fingerprint density at radius 3 is 2.89 bits per heavy atom. The molecule has 4 aromatic heterocycles. The van der Waals surface area contributed by atoms with Gasteiger partial charge in [-0.1, -0.05) is 11.3 Å². The molecule has 1 fully saturated rings. The molecule has 5 heterocycles. The van der Waals surface area contributed by atoms with Gasteiger partial charge in [-0.25, -0.2) is 9.50 Å². The van der Waals surface area contributed by atoms with Crippen LogP contribution in [0.15, 0.2) is 42.7 Å². The van der Waals surface area contributed by atoms with Crippen LogP contribution in [0, 0.1) is 6.92 Å². The molecule has 1 atom stereocenters. The third-order valence-electron chi connectivity index (χ3n) is 6.61. The van der Waals surface area contributed by atoms with Crippen molar-refractivity contribution in [2.24, 2.45) is 0 Å². The van der Waals surface area contributed by atoms with Crippen LogP contribution in [-0.2, 0) is 0 Å². The summed E-state index contributed by atoms with van der Waals surface area (Å²) in [6.07, 6.45) is 6.16. The second-order valence-corrected chi connectivity index (χ2v) is 10.5. The van der Waals surface area contributed by atoms with Gasteiger partial charge < -0.3 is 16.0 Å². The van der Waals surface area contributed by atoms with Gasteiger partial charge in [0.2, 0.25) is 5.95 Å². The highest BCUT2D eigenvalue weighted by Gasteiger charge is 2.24. The molecule has 0 saturated carbocycles. The van der Waals surface area contributed by atoms with Gasteiger partial charge >= 0.3 is 0 Å². The predicted octanol–water partition coefficient (Wildman–Crippen LogP) is 4.75. The van der Waals surface area contributed by atoms with Gasteiger partial charge in [0.25, 0.3) is 0 Å². The van der Waals surface area contributed by atoms with Gasteiger partial charge in [-0.3, -0.25) is 4.68 Å². The molecular formula is C25H29N9S. The van der Waals surface area contributed by atoms with E-state index < -0.39 is 0 Å². The number of anilines is 3. The van der Waals surface area contributed by atoms with Crippen molar-refractivity contribution in [3.63, 3.8) is 0 Å². The van der Waals surface area contributed by atoms with Crippen LogP contribution in [0.3, 0.4) is 0 Å². The quantitative estimate of drug-likeness (QED) is 0.345. The third-order valence-corrected chi connectivity index (χ3v) is 7.70. The summed E-state index contributed by atoms with van der Waals surface area (Å²) in [5.74, 6) is 0.659. The first kappa shape index (κ1) is 21.8. The Bertz CT molecular complexity index is 1510. The molecule has 0 amide bonds. The van der Waals surface area contributed by atoms with Crippen molar-refractivity contribution < 1.29 is 0 Å². The topological polar surface area (TPSA) is 102 Å². The molecule has 3 N–H and O–H groups in total. The third kappa shape index (κ3) is 4.07. The number of nitrogens with zero attached hydrogens (tertiary/aromatic N) is 7. The predicted molar refractivity (Wildman–Crippen MR) is 142 cm³/mol. The summed E-state index contributed by atoms with van der Waals surface area (Å²) in [6, 6.07) is 10.6. The zero-order chi connectivity index (χ0) is 24.1. The van der Waals surface area contributed by atoms with Gasteiger partial charge in [-0.2, -0.15) is 10.1 Å². The molecule has 35 heavy (non-hydrogen) atoms. The van der Waals surface area contributed by atoms with Crippen molar-refractivity contribution in [2.45, 2.75) is 45.7 Å². The van der Waals surface area contributed by atoms with Gasteiger partial charge in [0.05, 0.1) is 16.4 Å². The number of aryl methyl sites for hydroxylation is 1. The fraction of sp³-hybridized carbons (Fsp3) is 0.360. The summed E-state index contributed by atoms with van der Waals surface area (Å²) in [7, 11) is 0. The molecule has 0 bridgehead atoms. The molecule has 0 radical (unpaired) electrons. The lowest BCUT2D eigenvalue weighted by molar-refractivity contribution is 0.527. The van der Waals surface area contributed by atoms with Crippen molar-refractivity contribution in [1.29, 1.82) is 0 Å². The molecule has 1 aliphatic rings. The van der Waals surface area contributed by atoms with Crippen LogP contribution in [0.2, 0.25) is 0 Å². The van der Waals surface area contributed by atoms with Crippen molar-refractivity contribution in [2.75, 3.05) is 29.0 Å². The molecule has 5 aromatic rings. The van der Waals surface area contributed by atoms with Crippen molar-refractivity contribution in [1.82, 2.24) is 29.4 Å². The van der Waals surface area contributed by atoms with E-state index in [0.717, 1.165) is 69.4 Å². The Balaban J connectivity index is 1.22. The van der Waals surface area contributed by atoms with Gasteiger partial charge in [-0.15, -0.1) is 5.10 Å². The van der Waals surface area contributed by atoms with E-state index in [-0.39, 0.29) is 6.04 Å². The Morgan fingerprint density at radius 2 is 2.06 bits per heavy atom. The zero-order valence-corrected chi connectivity index (χ0v) is 21.0. The van der Waals surface area contributed by atoms with Crippen LogP contribution < -0.4 is 16.0 Å². The second kappa shape index (κ2) is 8.53. The average Bonchev–Trinajstić information content (AvgIpc) is 3.57. The van der Waals surface area contributed by atoms with Crippen LogP contribution in [-0.4, -0.2) is 48.5 Å². The number of rotatable bonds is 5. The first-order chi connectivity index (χ1) is 16.9. The fourth-order valence-corrected chi connectivity index (χ4v) is 5.70. The molecule has 0 unspecified atom stereocenters. The minimum Gasteiger partial charge on any atom is -0.399 e. The van der Waals surface area contributed by atoms with Gasteiger partial charge in [0.15, 0.2) is 10.8 Å². The Hall–Kier alpha value is -3.66. The fourth-order valence-electron chi connectivity index (χ4n) is 4.72. The lowest BCUT2D eigenvalue weighted by Crippen LogP contribution is -2.42. The van der Waals surface area contributed by atoms with E-state index in [1.54, 1.807) is 11.3 Å². The van der Waals surface area contributed by atoms with Crippen molar-refractivity contribution in [3.05, 3.63) is 48.4 Å². The molecule has 6 rings (SSSR count). The molecule has 180 valence electrons. The average molecular weight is 488 g/mol. The smallest absolute Gasteiger partial charge is 0.243 e. The maximum Gasteiger partial charge on any atom is 0.243 e. The molecule has 0 spiro atoms. The van der Waals surface area contributed by atoms with Crippen LogP contribution in [0.5, 0.6) is 0 Å². The minimum atomic E-state index is 0.252. The normalized spacial score (nSPS) is 16.6. The lowest BCUT2D eigenvalue weighted by atomic mass is 10.1. The molecule has 10 heteroatoms. The summed E-state index contributed by atoms with van der Waals surface area (Å²) in [4.78, 5) is 11.9. The van der Waals surface area contributed by atoms with Crippen molar-refractivity contribution in [3.8, 4) is 11.1 Å². The number of benzene rings is 1. The number of pyridine rings is 1. The molecule has 1 saturated heterocycles. The van der Waals surface area contributed by atoms with E-state index >= 15 is 0 Å². The maximum absolute atomic E-state index is 5.94. The highest BCUT2D eigenvalue weighted by Crippen LogP contribution is 2.32. The lowest BCUT2D eigenvalue weighted by Gasteiger charge is -2.32. The number of nitrogen functional groups attached to an aromatic ring is 1. The number of nitrogens with two attached hydrogens (primary N) is 1. The number of hydrogen-bond acceptors (Lipinski definition) is 8. The number of piperidine rings is 1. The first-order valence-corrected chi connectivity index (χ1v) is 12.8. The Labute approximate surface area is 207 Å². The standard InChI is InChI=1S/C25H29N9S/c1-15(2)33-13-17(12-27-33)20-7-9-23-30-24(31-34(23)16(20)3)28-19-5-4-10-32(14-19)25-29-21-11-18(26)6-8-22(21)35-25/h6-9,11-13,15,19H,4-5,10,14,26H2,1-3H3,(H,28,31)/t19-/m1/s1. The van der Waals surface area contributed by atoms with Crippen LogP contribution >= 0.6 is 11.3 Å². The molecule has 1 aromatic carbocycles. The summed E-state index contributed by atoms with van der Waals surface area (Å²) in [5.41, 5.74) is 11.7. The van der Waals surface area contributed by atoms with Crippen molar-refractivity contribution >= 4 is 44.0 Å². The van der Waals surface area contributed by atoms with Gasteiger partial charge in [0.1, 0.15) is 0 Å². The highest BCUT2D eigenvalue weighted by molar-refractivity contribution is 7.22. The molecule has 1 aliphatic heterocycles. The summed E-state index contributed by atoms with van der Waals surface area (Å²) in [6.45, 7) is 8.19. The summed E-state index contributed by atoms with van der Waals surface area (Å²) >= 11 is 1.72. The summed E-state index contributed by atoms with van der Waals surface area (Å²) in [5, 5.41) is 13.9. The zero-order valence-electron chi connectivity index (χ0n) is 20.1. The first-order valence-electron chi connectivity index (χ1n) is 12.0. The maximum atomic E-state index is 5.94. The number of aromatic nitrogens is 6. The van der Waals surface area contributed by atoms with E-state index in [0.29, 0.717) is 12.0 Å². The largest absolute Gasteiger partial charge is 0.399 e. The van der Waals surface area contributed by atoms with E-state index in [2.05, 4.69) is 54.4 Å². The second-order valence-electron chi connectivity index (χ2n) is 9.49.